The molecule has 0 aliphatic carbocycles. The molecular formula is C9H15N3O2S2. The van der Waals surface area contributed by atoms with E-state index in [0.29, 0.717) is 12.2 Å². The molecule has 1 unspecified atom stereocenters. The molecular weight excluding hydrogens is 246 g/mol. The van der Waals surface area contributed by atoms with Crippen LogP contribution >= 0.6 is 23.1 Å². The molecule has 0 saturated carbocycles. The number of hydrogen-bond acceptors (Lipinski definition) is 6. The van der Waals surface area contributed by atoms with E-state index in [1.807, 2.05) is 6.92 Å². The predicted octanol–water partition coefficient (Wildman–Crippen LogP) is 1.39. The van der Waals surface area contributed by atoms with Gasteiger partial charge in [-0.05, 0) is 27.3 Å². The quantitative estimate of drug-likeness (QED) is 0.754. The van der Waals surface area contributed by atoms with Crippen molar-refractivity contribution in [3.05, 3.63) is 5.01 Å². The highest BCUT2D eigenvalue weighted by molar-refractivity contribution is 8.01. The number of thioether (sulfide) groups is 1. The second kappa shape index (κ2) is 5.60. The number of nitrogens with one attached hydrogen (secondary N) is 1. The maximum absolute atomic E-state index is 11.0. The number of aliphatic carboxylic acids is 1. The molecule has 1 rings (SSSR count). The van der Waals surface area contributed by atoms with E-state index in [-0.39, 0.29) is 0 Å². The summed E-state index contributed by atoms with van der Waals surface area (Å²) in [5.74, 6) is -0.123. The Morgan fingerprint density at radius 3 is 2.75 bits per heavy atom. The maximum atomic E-state index is 11.0. The molecule has 1 aromatic heterocycles. The van der Waals surface area contributed by atoms with E-state index in [0.717, 1.165) is 9.35 Å². The van der Waals surface area contributed by atoms with E-state index < -0.39 is 11.5 Å². The van der Waals surface area contributed by atoms with Crippen LogP contribution in [-0.2, 0) is 4.79 Å². The monoisotopic (exact) mass is 261 g/mol. The third-order valence-electron chi connectivity index (χ3n) is 2.36. The number of likely N-dealkylation sites (N-methyl/N-ethyl adjacent to an activating group) is 1. The third-order valence-corrected chi connectivity index (χ3v) is 4.33. The Balaban J connectivity index is 2.43. The van der Waals surface area contributed by atoms with E-state index in [1.165, 1.54) is 11.3 Å². The van der Waals surface area contributed by atoms with Crippen LogP contribution in [0.3, 0.4) is 0 Å². The molecule has 0 spiro atoms. The molecule has 0 aliphatic heterocycles. The van der Waals surface area contributed by atoms with Crippen LogP contribution in [0.1, 0.15) is 18.4 Å². The zero-order valence-corrected chi connectivity index (χ0v) is 11.1. The van der Waals surface area contributed by atoms with Crippen molar-refractivity contribution in [3.63, 3.8) is 0 Å². The minimum absolute atomic E-state index is 0.544. The molecule has 1 aromatic rings. The summed E-state index contributed by atoms with van der Waals surface area (Å²) in [6.07, 6.45) is 0.544. The SMILES string of the molecule is CNC(C)(CCSc1nnc(C)s1)C(=O)O. The minimum atomic E-state index is -0.868. The number of nitrogens with zero attached hydrogens (tertiary/aromatic N) is 2. The van der Waals surface area contributed by atoms with Gasteiger partial charge in [-0.2, -0.15) is 0 Å². The highest BCUT2D eigenvalue weighted by Crippen LogP contribution is 2.24. The van der Waals surface area contributed by atoms with Crippen molar-refractivity contribution in [2.75, 3.05) is 12.8 Å². The van der Waals surface area contributed by atoms with Crippen molar-refractivity contribution in [1.82, 2.24) is 15.5 Å². The molecule has 16 heavy (non-hydrogen) atoms. The summed E-state index contributed by atoms with van der Waals surface area (Å²) in [7, 11) is 1.66. The Bertz CT molecular complexity index is 369. The molecule has 5 nitrogen and oxygen atoms in total. The van der Waals surface area contributed by atoms with Crippen LogP contribution in [0.15, 0.2) is 4.34 Å². The Hall–Kier alpha value is -0.660. The smallest absolute Gasteiger partial charge is 0.323 e. The number of carboxylic acid groups (broad SMARTS) is 1. The van der Waals surface area contributed by atoms with Gasteiger partial charge in [0.1, 0.15) is 10.5 Å². The summed E-state index contributed by atoms with van der Waals surface area (Å²) in [4.78, 5) is 11.0. The summed E-state index contributed by atoms with van der Waals surface area (Å²) < 4.78 is 0.890. The van der Waals surface area contributed by atoms with Gasteiger partial charge in [0, 0.05) is 5.75 Å². The molecule has 0 bridgehead atoms. The zero-order valence-electron chi connectivity index (χ0n) is 9.48. The number of carbonyl (C=O) groups is 1. The summed E-state index contributed by atoms with van der Waals surface area (Å²) >= 11 is 3.07. The van der Waals surface area contributed by atoms with Crippen LogP contribution in [0.4, 0.5) is 0 Å². The number of carboxylic acids is 1. The number of rotatable bonds is 6. The highest BCUT2D eigenvalue weighted by atomic mass is 32.2. The lowest BCUT2D eigenvalue weighted by atomic mass is 10.00. The molecule has 1 atom stereocenters. The first-order chi connectivity index (χ1) is 7.48. The molecule has 90 valence electrons. The average molecular weight is 261 g/mol. The Kier molecular flexibility index (Phi) is 4.69. The van der Waals surface area contributed by atoms with E-state index >= 15 is 0 Å². The van der Waals surface area contributed by atoms with Crippen molar-refractivity contribution >= 4 is 29.1 Å². The second-order valence-electron chi connectivity index (χ2n) is 3.57. The van der Waals surface area contributed by atoms with Crippen molar-refractivity contribution in [2.24, 2.45) is 0 Å². The maximum Gasteiger partial charge on any atom is 0.323 e. The van der Waals surface area contributed by atoms with Crippen molar-refractivity contribution < 1.29 is 9.90 Å². The summed E-state index contributed by atoms with van der Waals surface area (Å²) in [6, 6.07) is 0. The fourth-order valence-electron chi connectivity index (χ4n) is 1.02. The van der Waals surface area contributed by atoms with E-state index in [4.69, 9.17) is 5.11 Å². The molecule has 1 heterocycles. The van der Waals surface area contributed by atoms with Crippen molar-refractivity contribution in [2.45, 2.75) is 30.1 Å². The third kappa shape index (κ3) is 3.43. The van der Waals surface area contributed by atoms with E-state index in [9.17, 15) is 4.79 Å². The summed E-state index contributed by atoms with van der Waals surface area (Å²) in [5, 5.41) is 20.7. The Morgan fingerprint density at radius 1 is 1.62 bits per heavy atom. The lowest BCUT2D eigenvalue weighted by Gasteiger charge is -2.23. The molecule has 7 heteroatoms. The van der Waals surface area contributed by atoms with Crippen LogP contribution in [0.25, 0.3) is 0 Å². The fraction of sp³-hybridized carbons (Fsp3) is 0.667. The van der Waals surface area contributed by atoms with Gasteiger partial charge in [-0.3, -0.25) is 4.79 Å². The van der Waals surface area contributed by atoms with E-state index in [1.54, 1.807) is 25.7 Å². The first kappa shape index (κ1) is 13.4. The van der Waals surface area contributed by atoms with Crippen LogP contribution in [0, 0.1) is 6.92 Å². The second-order valence-corrected chi connectivity index (χ2v) is 6.10. The number of aromatic nitrogens is 2. The lowest BCUT2D eigenvalue weighted by Crippen LogP contribution is -2.47. The van der Waals surface area contributed by atoms with Gasteiger partial charge < -0.3 is 10.4 Å². The van der Waals surface area contributed by atoms with Crippen molar-refractivity contribution in [1.29, 1.82) is 0 Å². The number of hydrogen-bond donors (Lipinski definition) is 2. The van der Waals surface area contributed by atoms with Crippen LogP contribution in [0.5, 0.6) is 0 Å². The Labute approximate surface area is 103 Å². The van der Waals surface area contributed by atoms with Gasteiger partial charge in [0.15, 0.2) is 4.34 Å². The highest BCUT2D eigenvalue weighted by Gasteiger charge is 2.30. The lowest BCUT2D eigenvalue weighted by molar-refractivity contribution is -0.144. The predicted molar refractivity (Wildman–Crippen MR) is 65.1 cm³/mol. The largest absolute Gasteiger partial charge is 0.480 e. The van der Waals surface area contributed by atoms with Gasteiger partial charge in [0.05, 0.1) is 0 Å². The Morgan fingerprint density at radius 2 is 2.31 bits per heavy atom. The van der Waals surface area contributed by atoms with Gasteiger partial charge >= 0.3 is 5.97 Å². The minimum Gasteiger partial charge on any atom is -0.480 e. The first-order valence-electron chi connectivity index (χ1n) is 4.83. The van der Waals surface area contributed by atoms with Gasteiger partial charge in [-0.1, -0.05) is 23.1 Å². The average Bonchev–Trinajstić information content (AvgIpc) is 2.63. The number of aryl methyl sites for hydroxylation is 1. The summed E-state index contributed by atoms with van der Waals surface area (Å²) in [5.41, 5.74) is -0.868. The summed E-state index contributed by atoms with van der Waals surface area (Å²) in [6.45, 7) is 3.58. The van der Waals surface area contributed by atoms with E-state index in [2.05, 4.69) is 15.5 Å². The zero-order chi connectivity index (χ0) is 12.2. The molecule has 0 saturated heterocycles. The fourth-order valence-corrected chi connectivity index (χ4v) is 3.07. The first-order valence-corrected chi connectivity index (χ1v) is 6.63. The van der Waals surface area contributed by atoms with Crippen LogP contribution < -0.4 is 5.32 Å². The standard InChI is InChI=1S/C9H15N3O2S2/c1-6-11-12-8(16-6)15-5-4-9(2,10-3)7(13)14/h10H,4-5H2,1-3H3,(H,13,14). The molecule has 0 aliphatic rings. The van der Waals surface area contributed by atoms with Gasteiger partial charge in [0.25, 0.3) is 0 Å². The molecule has 0 fully saturated rings. The van der Waals surface area contributed by atoms with Crippen LogP contribution in [-0.4, -0.2) is 39.6 Å². The van der Waals surface area contributed by atoms with Gasteiger partial charge in [0.2, 0.25) is 0 Å². The van der Waals surface area contributed by atoms with Gasteiger partial charge in [-0.15, -0.1) is 10.2 Å². The molecule has 2 N–H and O–H groups in total. The molecule has 0 amide bonds. The van der Waals surface area contributed by atoms with Gasteiger partial charge in [-0.25, -0.2) is 0 Å². The normalized spacial score (nSPS) is 14.7. The van der Waals surface area contributed by atoms with Crippen molar-refractivity contribution in [3.8, 4) is 0 Å². The molecule has 0 aromatic carbocycles. The molecule has 0 radical (unpaired) electrons. The topological polar surface area (TPSA) is 75.1 Å². The van der Waals surface area contributed by atoms with Crippen LogP contribution in [0.2, 0.25) is 0 Å².